The van der Waals surface area contributed by atoms with Crippen LogP contribution in [0.3, 0.4) is 0 Å². The molecule has 9 heteroatoms. The molecule has 0 saturated carbocycles. The van der Waals surface area contributed by atoms with Gasteiger partial charge >= 0.3 is 0 Å². The molecule has 3 N–H and O–H groups in total. The van der Waals surface area contributed by atoms with E-state index in [9.17, 15) is 9.59 Å². The van der Waals surface area contributed by atoms with E-state index >= 15 is 0 Å². The van der Waals surface area contributed by atoms with Crippen molar-refractivity contribution in [2.75, 3.05) is 6.54 Å². The average molecular weight is 507 g/mol. The number of nitrogens with one attached hydrogen (secondary N) is 1. The van der Waals surface area contributed by atoms with Crippen LogP contribution in [0.5, 0.6) is 0 Å². The number of hydrogen-bond acceptors (Lipinski definition) is 5. The Balaban J connectivity index is 0.00000361. The van der Waals surface area contributed by atoms with Crippen LogP contribution in [0.2, 0.25) is 0 Å². The molecule has 188 valence electrons. The molecule has 2 heterocycles. The van der Waals surface area contributed by atoms with Gasteiger partial charge in [-0.1, -0.05) is 42.5 Å². The van der Waals surface area contributed by atoms with Crippen molar-refractivity contribution in [3.8, 4) is 6.07 Å². The molecule has 3 aromatic rings. The van der Waals surface area contributed by atoms with Gasteiger partial charge in [0.2, 0.25) is 11.8 Å². The molecule has 1 aliphatic heterocycles. The van der Waals surface area contributed by atoms with Gasteiger partial charge in [-0.2, -0.15) is 5.26 Å². The quantitative estimate of drug-likeness (QED) is 0.438. The molecule has 2 aromatic carbocycles. The number of halogens is 1. The minimum atomic E-state index is -0.728. The van der Waals surface area contributed by atoms with Gasteiger partial charge in [-0.05, 0) is 42.6 Å². The van der Waals surface area contributed by atoms with E-state index in [0.717, 1.165) is 36.2 Å². The van der Waals surface area contributed by atoms with Gasteiger partial charge in [-0.15, -0.1) is 12.4 Å². The summed E-state index contributed by atoms with van der Waals surface area (Å²) in [5.41, 5.74) is 9.32. The van der Waals surface area contributed by atoms with Crippen molar-refractivity contribution in [2.45, 2.75) is 50.9 Å². The largest absolute Gasteiger partial charge is 0.368 e. The third-order valence-corrected chi connectivity index (χ3v) is 6.48. The van der Waals surface area contributed by atoms with Gasteiger partial charge in [-0.25, -0.2) is 4.98 Å². The van der Waals surface area contributed by atoms with E-state index in [0.29, 0.717) is 31.5 Å². The van der Waals surface area contributed by atoms with Gasteiger partial charge in [0.25, 0.3) is 0 Å². The van der Waals surface area contributed by atoms with Crippen LogP contribution in [-0.4, -0.2) is 44.9 Å². The normalized spacial score (nSPS) is 16.0. The molecule has 8 nitrogen and oxygen atoms in total. The molecule has 1 saturated heterocycles. The predicted molar refractivity (Wildman–Crippen MR) is 139 cm³/mol. The van der Waals surface area contributed by atoms with Crippen molar-refractivity contribution >= 4 is 24.2 Å². The number of benzene rings is 2. The van der Waals surface area contributed by atoms with Crippen LogP contribution in [0.25, 0.3) is 0 Å². The van der Waals surface area contributed by atoms with Gasteiger partial charge in [0.05, 0.1) is 23.7 Å². The minimum absolute atomic E-state index is 0. The highest BCUT2D eigenvalue weighted by molar-refractivity contribution is 5.87. The Morgan fingerprint density at radius 1 is 1.11 bits per heavy atom. The summed E-state index contributed by atoms with van der Waals surface area (Å²) in [4.78, 5) is 31.4. The van der Waals surface area contributed by atoms with E-state index in [1.54, 1.807) is 0 Å². The number of rotatable bonds is 10. The third kappa shape index (κ3) is 7.17. The molecule has 2 amide bonds. The first kappa shape index (κ1) is 26.9. The SMILES string of the molecule is Cl.N#Cc1ccc(Cn2cncc2CN2CCC[C@H]2CC(=O)N[C@@H](Cc2ccccc2)C(N)=O)cc1. The number of primary amides is 1. The molecular formula is C27H31ClN6O2. The Bertz CT molecular complexity index is 1190. The molecule has 1 fully saturated rings. The maximum atomic E-state index is 12.8. The lowest BCUT2D eigenvalue weighted by Gasteiger charge is -2.25. The highest BCUT2D eigenvalue weighted by Gasteiger charge is 2.29. The van der Waals surface area contributed by atoms with Crippen LogP contribution < -0.4 is 11.1 Å². The van der Waals surface area contributed by atoms with Gasteiger partial charge < -0.3 is 15.6 Å². The van der Waals surface area contributed by atoms with Gasteiger partial charge in [0, 0.05) is 38.2 Å². The fourth-order valence-electron chi connectivity index (χ4n) is 4.59. The Morgan fingerprint density at radius 2 is 1.86 bits per heavy atom. The molecule has 0 unspecified atom stereocenters. The molecule has 1 aromatic heterocycles. The maximum absolute atomic E-state index is 12.8. The van der Waals surface area contributed by atoms with E-state index in [1.165, 1.54) is 0 Å². The number of nitriles is 1. The standard InChI is InChI=1S/C27H30N6O2.ClH/c28-15-21-8-10-22(11-9-21)17-33-19-30-16-24(33)18-32-12-4-7-23(32)14-26(34)31-25(27(29)35)13-20-5-2-1-3-6-20;/h1-3,5-6,8-11,16,19,23,25H,4,7,12-14,17-18H2,(H2,29,35)(H,31,34);1H/t23-,25-;/m0./s1. The summed E-state index contributed by atoms with van der Waals surface area (Å²) in [5, 5.41) is 11.8. The van der Waals surface area contributed by atoms with Gasteiger partial charge in [0.15, 0.2) is 0 Å². The molecule has 0 radical (unpaired) electrons. The van der Waals surface area contributed by atoms with Crippen molar-refractivity contribution < 1.29 is 9.59 Å². The first-order valence-electron chi connectivity index (χ1n) is 11.9. The van der Waals surface area contributed by atoms with E-state index in [4.69, 9.17) is 11.0 Å². The van der Waals surface area contributed by atoms with Crippen LogP contribution >= 0.6 is 12.4 Å². The first-order chi connectivity index (χ1) is 17.0. The lowest BCUT2D eigenvalue weighted by molar-refractivity contribution is -0.128. The van der Waals surface area contributed by atoms with E-state index < -0.39 is 11.9 Å². The maximum Gasteiger partial charge on any atom is 0.240 e. The van der Waals surface area contributed by atoms with Crippen molar-refractivity contribution in [3.05, 3.63) is 89.5 Å². The molecule has 2 atom stereocenters. The zero-order chi connectivity index (χ0) is 24.6. The van der Waals surface area contributed by atoms with E-state index in [1.807, 2.05) is 67.1 Å². The minimum Gasteiger partial charge on any atom is -0.368 e. The highest BCUT2D eigenvalue weighted by atomic mass is 35.5. The van der Waals surface area contributed by atoms with Gasteiger partial charge in [0.1, 0.15) is 6.04 Å². The number of aromatic nitrogens is 2. The number of likely N-dealkylation sites (tertiary alicyclic amines) is 1. The fraction of sp³-hybridized carbons (Fsp3) is 0.333. The molecule has 4 rings (SSSR count). The Kier molecular flexibility index (Phi) is 9.62. The molecule has 1 aliphatic rings. The summed E-state index contributed by atoms with van der Waals surface area (Å²) in [7, 11) is 0. The summed E-state index contributed by atoms with van der Waals surface area (Å²) in [6.07, 6.45) is 6.32. The second-order valence-corrected chi connectivity index (χ2v) is 9.00. The number of nitrogens with zero attached hydrogens (tertiary/aromatic N) is 4. The van der Waals surface area contributed by atoms with Crippen LogP contribution in [0.15, 0.2) is 67.1 Å². The number of imidazole rings is 1. The highest BCUT2D eigenvalue weighted by Crippen LogP contribution is 2.23. The summed E-state index contributed by atoms with van der Waals surface area (Å²) < 4.78 is 2.10. The molecule has 0 spiro atoms. The van der Waals surface area contributed by atoms with Crippen molar-refractivity contribution in [1.29, 1.82) is 5.26 Å². The Labute approximate surface area is 217 Å². The van der Waals surface area contributed by atoms with Crippen molar-refractivity contribution in [2.24, 2.45) is 5.73 Å². The molecular weight excluding hydrogens is 476 g/mol. The number of nitrogens with two attached hydrogens (primary N) is 1. The predicted octanol–water partition coefficient (Wildman–Crippen LogP) is 2.79. The van der Waals surface area contributed by atoms with E-state index in [2.05, 4.69) is 25.8 Å². The zero-order valence-corrected chi connectivity index (χ0v) is 20.9. The summed E-state index contributed by atoms with van der Waals surface area (Å²) in [6.45, 7) is 2.26. The summed E-state index contributed by atoms with van der Waals surface area (Å²) in [5.74, 6) is -0.690. The second-order valence-electron chi connectivity index (χ2n) is 9.00. The second kappa shape index (κ2) is 12.9. The number of amides is 2. The number of carbonyl (C=O) groups excluding carboxylic acids is 2. The van der Waals surface area contributed by atoms with Crippen LogP contribution in [0.4, 0.5) is 0 Å². The van der Waals surface area contributed by atoms with Crippen molar-refractivity contribution in [3.63, 3.8) is 0 Å². The topological polar surface area (TPSA) is 117 Å². The lowest BCUT2D eigenvalue weighted by Crippen LogP contribution is -2.47. The van der Waals surface area contributed by atoms with Crippen LogP contribution in [0.1, 0.15) is 41.6 Å². The number of carbonyl (C=O) groups is 2. The van der Waals surface area contributed by atoms with Crippen LogP contribution in [-0.2, 0) is 29.1 Å². The van der Waals surface area contributed by atoms with E-state index in [-0.39, 0.29) is 24.4 Å². The lowest BCUT2D eigenvalue weighted by atomic mass is 10.0. The van der Waals surface area contributed by atoms with Gasteiger partial charge in [-0.3, -0.25) is 14.5 Å². The smallest absolute Gasteiger partial charge is 0.240 e. The monoisotopic (exact) mass is 506 g/mol. The molecule has 0 bridgehead atoms. The molecule has 36 heavy (non-hydrogen) atoms. The summed E-state index contributed by atoms with van der Waals surface area (Å²) >= 11 is 0. The van der Waals surface area contributed by atoms with Crippen LogP contribution in [0, 0.1) is 11.3 Å². The molecule has 0 aliphatic carbocycles. The average Bonchev–Trinajstić information content (AvgIpc) is 3.49. The summed E-state index contributed by atoms with van der Waals surface area (Å²) in [6, 6.07) is 18.6. The Hall–Kier alpha value is -3.67. The fourth-order valence-corrected chi connectivity index (χ4v) is 4.59. The number of hydrogen-bond donors (Lipinski definition) is 2. The Morgan fingerprint density at radius 3 is 2.56 bits per heavy atom. The first-order valence-corrected chi connectivity index (χ1v) is 11.9. The third-order valence-electron chi connectivity index (χ3n) is 6.48. The zero-order valence-electron chi connectivity index (χ0n) is 20.0. The van der Waals surface area contributed by atoms with Crippen molar-refractivity contribution in [1.82, 2.24) is 19.8 Å².